The molecule has 2 aromatic carbocycles. The van der Waals surface area contributed by atoms with Gasteiger partial charge in [0.05, 0.1) is 30.5 Å². The highest BCUT2D eigenvalue weighted by Crippen LogP contribution is 2.31. The van der Waals surface area contributed by atoms with Gasteiger partial charge in [0, 0.05) is 13.1 Å². The number of nitrogens with zero attached hydrogens (tertiary/aromatic N) is 2. The van der Waals surface area contributed by atoms with E-state index in [9.17, 15) is 0 Å². The number of ether oxygens (including phenoxy) is 2. The van der Waals surface area contributed by atoms with Crippen molar-refractivity contribution in [1.82, 2.24) is 4.57 Å². The maximum Gasteiger partial charge on any atom is 0.238 e. The van der Waals surface area contributed by atoms with E-state index in [-0.39, 0.29) is 0 Å². The van der Waals surface area contributed by atoms with Gasteiger partial charge in [-0.15, -0.1) is 0 Å². The Bertz CT molecular complexity index is 1060. The number of rotatable bonds is 2. The summed E-state index contributed by atoms with van der Waals surface area (Å²) in [6.45, 7) is 0. The van der Waals surface area contributed by atoms with Gasteiger partial charge in [-0.1, -0.05) is 0 Å². The standard InChI is InChI=1S/C19H19N2O2/c1-20-17-8-6-14(23-4)11-15(17)19-18(20)10-12-9-13(22-3)5-7-16(12)21(19)2/h5-11H,1-4H3/q+1. The van der Waals surface area contributed by atoms with Crippen LogP contribution in [0.4, 0.5) is 0 Å². The number of hydrogen-bond donors (Lipinski definition) is 0. The fourth-order valence-electron chi connectivity index (χ4n) is 3.42. The molecule has 116 valence electrons. The first-order valence-electron chi connectivity index (χ1n) is 7.57. The number of hydrogen-bond acceptors (Lipinski definition) is 2. The third-order valence-corrected chi connectivity index (χ3v) is 4.65. The maximum absolute atomic E-state index is 5.40. The third-order valence-electron chi connectivity index (χ3n) is 4.65. The number of benzene rings is 2. The van der Waals surface area contributed by atoms with Crippen molar-refractivity contribution in [1.29, 1.82) is 0 Å². The number of aryl methyl sites for hydroxylation is 2. The van der Waals surface area contributed by atoms with E-state index < -0.39 is 0 Å². The average molecular weight is 307 g/mol. The largest absolute Gasteiger partial charge is 0.497 e. The molecule has 2 aromatic heterocycles. The van der Waals surface area contributed by atoms with Crippen LogP contribution in [0.2, 0.25) is 0 Å². The Kier molecular flexibility index (Phi) is 2.94. The van der Waals surface area contributed by atoms with Gasteiger partial charge < -0.3 is 14.0 Å². The molecular weight excluding hydrogens is 288 g/mol. The zero-order valence-corrected chi connectivity index (χ0v) is 13.8. The summed E-state index contributed by atoms with van der Waals surface area (Å²) in [5.74, 6) is 1.75. The molecule has 0 spiro atoms. The van der Waals surface area contributed by atoms with Crippen molar-refractivity contribution in [3.05, 3.63) is 42.5 Å². The van der Waals surface area contributed by atoms with Gasteiger partial charge >= 0.3 is 0 Å². The van der Waals surface area contributed by atoms with Gasteiger partial charge in [0.2, 0.25) is 11.0 Å². The monoisotopic (exact) mass is 307 g/mol. The molecule has 0 amide bonds. The average Bonchev–Trinajstić information content (AvgIpc) is 2.86. The van der Waals surface area contributed by atoms with E-state index in [2.05, 4.69) is 53.6 Å². The summed E-state index contributed by atoms with van der Waals surface area (Å²) in [5, 5.41) is 2.36. The second-order valence-electron chi connectivity index (χ2n) is 5.80. The molecule has 0 aliphatic heterocycles. The molecule has 4 heteroatoms. The van der Waals surface area contributed by atoms with Gasteiger partial charge in [0.25, 0.3) is 0 Å². The molecule has 4 aromatic rings. The van der Waals surface area contributed by atoms with Crippen LogP contribution in [0.25, 0.3) is 32.8 Å². The number of aromatic nitrogens is 2. The summed E-state index contributed by atoms with van der Waals surface area (Å²) < 4.78 is 15.2. The van der Waals surface area contributed by atoms with Crippen molar-refractivity contribution in [3.63, 3.8) is 0 Å². The van der Waals surface area contributed by atoms with Gasteiger partial charge in [-0.05, 0) is 36.4 Å². The first-order chi connectivity index (χ1) is 11.1. The fraction of sp³-hybridized carbons (Fsp3) is 0.211. The first-order valence-corrected chi connectivity index (χ1v) is 7.57. The lowest BCUT2D eigenvalue weighted by atomic mass is 10.1. The Morgan fingerprint density at radius 1 is 0.870 bits per heavy atom. The minimum absolute atomic E-state index is 0.872. The Labute approximate surface area is 134 Å². The molecule has 4 rings (SSSR count). The van der Waals surface area contributed by atoms with E-state index in [1.54, 1.807) is 14.2 Å². The predicted molar refractivity (Wildman–Crippen MR) is 92.2 cm³/mol. The molecular formula is C19H19N2O2+. The number of methoxy groups -OCH3 is 2. The summed E-state index contributed by atoms with van der Waals surface area (Å²) in [6, 6.07) is 14.6. The van der Waals surface area contributed by atoms with Crippen LogP contribution in [0.5, 0.6) is 11.5 Å². The highest BCUT2D eigenvalue weighted by Gasteiger charge is 2.20. The molecule has 0 radical (unpaired) electrons. The Balaban J connectivity index is 2.20. The molecule has 0 unspecified atom stereocenters. The number of fused-ring (bicyclic) bond motifs is 4. The van der Waals surface area contributed by atoms with Crippen molar-refractivity contribution < 1.29 is 14.0 Å². The molecule has 0 aliphatic rings. The Morgan fingerprint density at radius 3 is 2.30 bits per heavy atom. The van der Waals surface area contributed by atoms with Crippen LogP contribution in [0.1, 0.15) is 0 Å². The highest BCUT2D eigenvalue weighted by molar-refractivity contribution is 6.06. The molecule has 0 atom stereocenters. The maximum atomic E-state index is 5.40. The molecule has 4 nitrogen and oxygen atoms in total. The zero-order valence-electron chi connectivity index (χ0n) is 13.8. The minimum Gasteiger partial charge on any atom is -0.497 e. The fourth-order valence-corrected chi connectivity index (χ4v) is 3.42. The predicted octanol–water partition coefficient (Wildman–Crippen LogP) is 3.33. The van der Waals surface area contributed by atoms with Crippen LogP contribution >= 0.6 is 0 Å². The summed E-state index contributed by atoms with van der Waals surface area (Å²) in [4.78, 5) is 0. The quantitative estimate of drug-likeness (QED) is 0.531. The Hall–Kier alpha value is -2.75. The SMILES string of the molecule is COc1ccc2c(c1)cc1c(c3cc(OC)ccc3n1C)[n+]2C. The van der Waals surface area contributed by atoms with Crippen molar-refractivity contribution in [2.45, 2.75) is 0 Å². The highest BCUT2D eigenvalue weighted by atomic mass is 16.5. The van der Waals surface area contributed by atoms with Crippen LogP contribution in [-0.4, -0.2) is 18.8 Å². The molecule has 0 bridgehead atoms. The normalized spacial score (nSPS) is 11.5. The lowest BCUT2D eigenvalue weighted by Gasteiger charge is -2.03. The van der Waals surface area contributed by atoms with Crippen LogP contribution in [0, 0.1) is 0 Å². The lowest BCUT2D eigenvalue weighted by molar-refractivity contribution is -0.616. The van der Waals surface area contributed by atoms with Crippen molar-refractivity contribution in [2.24, 2.45) is 14.1 Å². The summed E-state index contributed by atoms with van der Waals surface area (Å²) >= 11 is 0. The van der Waals surface area contributed by atoms with Crippen molar-refractivity contribution in [2.75, 3.05) is 14.2 Å². The van der Waals surface area contributed by atoms with Gasteiger partial charge in [-0.25, -0.2) is 0 Å². The van der Waals surface area contributed by atoms with E-state index in [1.807, 2.05) is 12.1 Å². The molecule has 0 saturated carbocycles. The topological polar surface area (TPSA) is 27.3 Å². The molecule has 0 N–H and O–H groups in total. The summed E-state index contributed by atoms with van der Waals surface area (Å²) in [7, 11) is 7.61. The van der Waals surface area contributed by atoms with Gasteiger partial charge in [0.15, 0.2) is 0 Å². The zero-order chi connectivity index (χ0) is 16.1. The summed E-state index contributed by atoms with van der Waals surface area (Å²) in [6.07, 6.45) is 0. The van der Waals surface area contributed by atoms with Crippen LogP contribution in [0.3, 0.4) is 0 Å². The van der Waals surface area contributed by atoms with Crippen molar-refractivity contribution >= 4 is 32.8 Å². The second-order valence-corrected chi connectivity index (χ2v) is 5.80. The molecule has 2 heterocycles. The Morgan fingerprint density at radius 2 is 1.57 bits per heavy atom. The van der Waals surface area contributed by atoms with E-state index in [4.69, 9.17) is 9.47 Å². The molecule has 0 fully saturated rings. The van der Waals surface area contributed by atoms with Crippen molar-refractivity contribution in [3.8, 4) is 11.5 Å². The minimum atomic E-state index is 0.872. The van der Waals surface area contributed by atoms with Crippen LogP contribution in [-0.2, 0) is 14.1 Å². The van der Waals surface area contributed by atoms with Gasteiger partial charge in [-0.2, -0.15) is 4.57 Å². The van der Waals surface area contributed by atoms with Crippen LogP contribution < -0.4 is 14.0 Å². The van der Waals surface area contributed by atoms with E-state index in [0.29, 0.717) is 0 Å². The third kappa shape index (κ3) is 1.88. The number of pyridine rings is 1. The van der Waals surface area contributed by atoms with Gasteiger partial charge in [0.1, 0.15) is 24.1 Å². The van der Waals surface area contributed by atoms with E-state index in [0.717, 1.165) is 16.9 Å². The van der Waals surface area contributed by atoms with E-state index >= 15 is 0 Å². The first kappa shape index (κ1) is 13.9. The molecule has 0 saturated heterocycles. The molecule has 0 aliphatic carbocycles. The summed E-state index contributed by atoms with van der Waals surface area (Å²) in [5.41, 5.74) is 4.77. The van der Waals surface area contributed by atoms with Gasteiger partial charge in [-0.3, -0.25) is 0 Å². The van der Waals surface area contributed by atoms with E-state index in [1.165, 1.54) is 27.5 Å². The van der Waals surface area contributed by atoms with Crippen LogP contribution in [0.15, 0.2) is 42.5 Å². The smallest absolute Gasteiger partial charge is 0.238 e. The lowest BCUT2D eigenvalue weighted by Crippen LogP contribution is -2.29. The second kappa shape index (κ2) is 4.88. The molecule has 23 heavy (non-hydrogen) atoms.